The summed E-state index contributed by atoms with van der Waals surface area (Å²) in [7, 11) is 0. The van der Waals surface area contributed by atoms with E-state index in [1.807, 2.05) is 126 Å². The summed E-state index contributed by atoms with van der Waals surface area (Å²) < 4.78 is 9.37. The summed E-state index contributed by atoms with van der Waals surface area (Å²) >= 11 is 0. The number of hydrogen-bond donors (Lipinski definition) is 0. The van der Waals surface area contributed by atoms with Gasteiger partial charge in [0.05, 0.1) is 0 Å². The van der Waals surface area contributed by atoms with Gasteiger partial charge in [-0.05, 0) is 136 Å². The third-order valence-corrected chi connectivity index (χ3v) is 15.6. The predicted molar refractivity (Wildman–Crippen MR) is 377 cm³/mol. The van der Waals surface area contributed by atoms with E-state index in [1.54, 1.807) is 70.5 Å². The van der Waals surface area contributed by atoms with E-state index < -0.39 is 0 Å². The first-order chi connectivity index (χ1) is 42.8. The fraction of sp³-hybridized carbons (Fsp3) is 0.325. The molecule has 0 spiro atoms. The van der Waals surface area contributed by atoms with Gasteiger partial charge in [0.2, 0.25) is 0 Å². The molecule has 0 aliphatic carbocycles. The summed E-state index contributed by atoms with van der Waals surface area (Å²) in [5.74, 6) is 0. The molecule has 534 valence electrons. The van der Waals surface area contributed by atoms with E-state index in [2.05, 4.69) is 159 Å². The Bertz CT molecular complexity index is 5050. The van der Waals surface area contributed by atoms with Crippen LogP contribution in [0.2, 0.25) is 0 Å². The Morgan fingerprint density at radius 2 is 0.684 bits per heavy atom. The summed E-state index contributed by atoms with van der Waals surface area (Å²) in [5.41, 5.74) is 15.6. The molecule has 12 nitrogen and oxygen atoms in total. The number of nitrogens with zero attached hydrogens (tertiary/aromatic N) is 6. The molecule has 6 radical (unpaired) electrons. The van der Waals surface area contributed by atoms with Crippen LogP contribution in [-0.2, 0) is 149 Å². The van der Waals surface area contributed by atoms with E-state index in [4.69, 9.17) is 0 Å². The normalized spacial score (nSPS) is 11.1. The van der Waals surface area contributed by atoms with Crippen molar-refractivity contribution in [1.29, 1.82) is 0 Å². The van der Waals surface area contributed by atoms with E-state index in [9.17, 15) is 28.8 Å². The van der Waals surface area contributed by atoms with Crippen molar-refractivity contribution < 1.29 is 121 Å². The van der Waals surface area contributed by atoms with E-state index in [0.717, 1.165) is 89.6 Å². The maximum atomic E-state index is 12.3. The van der Waals surface area contributed by atoms with Gasteiger partial charge in [0.1, 0.15) is 0 Å². The van der Waals surface area contributed by atoms with E-state index in [1.165, 1.54) is 9.96 Å². The number of rotatable bonds is 1. The van der Waals surface area contributed by atoms with Crippen LogP contribution in [0.4, 0.5) is 0 Å². The summed E-state index contributed by atoms with van der Waals surface area (Å²) in [4.78, 5) is 71.4. The van der Waals surface area contributed by atoms with Crippen LogP contribution in [0.3, 0.4) is 0 Å². The van der Waals surface area contributed by atoms with Gasteiger partial charge < -0.3 is 55.2 Å². The second kappa shape index (κ2) is 37.4. The minimum Gasteiger partial charge on any atom is -0.405 e. The van der Waals surface area contributed by atoms with E-state index in [0.29, 0.717) is 0 Å². The zero-order valence-corrected chi connectivity index (χ0v) is 73.7. The van der Waals surface area contributed by atoms with Crippen molar-refractivity contribution >= 4 is 33.1 Å². The van der Waals surface area contributed by atoms with Gasteiger partial charge in [0.15, 0.2) is 33.4 Å². The first-order valence-corrected chi connectivity index (χ1v) is 31.0. The predicted octanol–water partition coefficient (Wildman–Crippen LogP) is 14.9. The summed E-state index contributed by atoms with van der Waals surface area (Å²) in [6.07, 6.45) is 18.6. The molecule has 0 saturated carbocycles. The molecule has 0 amide bonds. The Hall–Kier alpha value is -5.52. The van der Waals surface area contributed by atoms with Gasteiger partial charge >= 0.3 is 0 Å². The van der Waals surface area contributed by atoms with Crippen LogP contribution in [0.15, 0.2) is 186 Å². The molecule has 0 unspecified atom stereocenters. The molecule has 0 N–H and O–H groups in total. The van der Waals surface area contributed by atoms with E-state index >= 15 is 0 Å². The Kier molecular flexibility index (Phi) is 34.5. The molecule has 0 aromatic carbocycles. The average molecular weight is 2380 g/mol. The van der Waals surface area contributed by atoms with Crippen molar-refractivity contribution in [2.45, 2.75) is 167 Å². The number of pyridine rings is 12. The molecule has 12 rings (SSSR count). The summed E-state index contributed by atoms with van der Waals surface area (Å²) in [6, 6.07) is 49.0. The first-order valence-electron chi connectivity index (χ1n) is 31.0. The standard InChI is InChI=1S/C17H22NO.2C14H16NO.C13H14NO.2C11H10NO.6Ir/c1-16(2,3)12-7-8-18-14(9-12)10-13(11-15(18)19)17(4,5)6;1-10-9-11-7-5-6-8-15(11)13(16)12(10)14(2,3)4;1-14(2,3)10-11-8-12-6-4-5-7-15(12)13(16)9-11;1-13(2,3)10-8-11-6-4-5-7-14(11)12(15)9-10;1-8-7-10-5-3-4-6-12(10)11(13)9(8)2;1-8-7-9(2)11(13)12-6-4-3-5-10(8)12;;;;;;/h7,9-11H,1-6H3;5-7,9H,1-4H3;4-6,8-9H,10H2,1-3H3;4-6,8-9H,1-3H3;2*3-5,7H,1-2H3;;;;;;/q6*-1;;;;;;. The Labute approximate surface area is 658 Å². The van der Waals surface area contributed by atoms with Crippen LogP contribution in [0.25, 0.3) is 33.1 Å². The monoisotopic (exact) mass is 2390 g/mol. The van der Waals surface area contributed by atoms with Gasteiger partial charge in [-0.3, -0.25) is 0 Å². The molecule has 0 aliphatic heterocycles. The molecule has 12 aromatic rings. The zero-order valence-electron chi connectivity index (χ0n) is 59.4. The smallest absolute Gasteiger partial charge is 0.174 e. The zero-order chi connectivity index (χ0) is 68.0. The van der Waals surface area contributed by atoms with Crippen molar-refractivity contribution in [2.24, 2.45) is 5.41 Å². The molecule has 0 atom stereocenters. The van der Waals surface area contributed by atoms with Crippen LogP contribution in [0, 0.1) is 77.2 Å². The van der Waals surface area contributed by atoms with Gasteiger partial charge in [-0.15, -0.1) is 109 Å². The van der Waals surface area contributed by atoms with Crippen LogP contribution in [-0.4, -0.2) is 26.4 Å². The quantitative estimate of drug-likeness (QED) is 0.151. The van der Waals surface area contributed by atoms with Crippen LogP contribution in [0.5, 0.6) is 0 Å². The molecular weight excluding hydrogens is 2290 g/mol. The van der Waals surface area contributed by atoms with Crippen molar-refractivity contribution in [2.75, 3.05) is 0 Å². The number of aromatic nitrogens is 6. The fourth-order valence-corrected chi connectivity index (χ4v) is 10.5. The molecular formula is C80H88Ir6N6O6-6. The minimum atomic E-state index is -0.133. The Balaban J connectivity index is 0.000000583. The third kappa shape index (κ3) is 23.5. The number of aryl methyl sites for hydroxylation is 4. The first kappa shape index (κ1) is 90.5. The molecule has 0 fully saturated rings. The van der Waals surface area contributed by atoms with E-state index in [-0.39, 0.29) is 181 Å². The largest absolute Gasteiger partial charge is 0.405 e. The van der Waals surface area contributed by atoms with Crippen LogP contribution < -0.4 is 33.4 Å². The van der Waals surface area contributed by atoms with Crippen molar-refractivity contribution in [3.63, 3.8) is 0 Å². The number of hydrogen-bond acceptors (Lipinski definition) is 6. The fourth-order valence-electron chi connectivity index (χ4n) is 10.5. The molecule has 0 saturated heterocycles. The van der Waals surface area contributed by atoms with Gasteiger partial charge in [-0.1, -0.05) is 211 Å². The summed E-state index contributed by atoms with van der Waals surface area (Å²) in [5, 5.41) is 0. The molecule has 12 aromatic heterocycles. The Morgan fingerprint density at radius 3 is 1.13 bits per heavy atom. The second-order valence-corrected chi connectivity index (χ2v) is 28.9. The maximum Gasteiger partial charge on any atom is 0.174 e. The maximum absolute atomic E-state index is 12.3. The molecule has 12 heterocycles. The molecule has 0 bridgehead atoms. The third-order valence-electron chi connectivity index (χ3n) is 15.6. The van der Waals surface area contributed by atoms with Crippen molar-refractivity contribution in [3.05, 3.63) is 313 Å². The van der Waals surface area contributed by atoms with Crippen molar-refractivity contribution in [1.82, 2.24) is 26.4 Å². The number of fused-ring (bicyclic) bond motifs is 6. The SMILES string of the molecule is CC(C)(C)Cc1cc(=O)n2[c-]cccc2c1.CC(C)(C)c1c[c-]n2c(=O)cc(C(C)(C)C)cc2c1.CC(C)(C)c1cc(=O)n2[c-]cccc2c1.Cc1cc(C)c2ccc[c-]n2c1=O.Cc1cc2ccc[c-]n2c(=O)c1C.Cc1cc2ccc[c-]n2c(=O)c1C(C)(C)C.[Ir].[Ir].[Ir].[Ir].[Ir].[Ir]. The van der Waals surface area contributed by atoms with Crippen LogP contribution >= 0.6 is 0 Å². The molecule has 0 aliphatic rings. The second-order valence-electron chi connectivity index (χ2n) is 28.9. The topological polar surface area (TPSA) is 129 Å². The van der Waals surface area contributed by atoms with Gasteiger partial charge in [-0.25, -0.2) is 0 Å². The minimum absolute atomic E-state index is 0. The molecule has 18 heteroatoms. The average Bonchev–Trinajstić information content (AvgIpc) is 0.790. The summed E-state index contributed by atoms with van der Waals surface area (Å²) in [6.45, 7) is 41.5. The van der Waals surface area contributed by atoms with Crippen LogP contribution in [0.1, 0.15) is 159 Å². The van der Waals surface area contributed by atoms with Gasteiger partial charge in [-0.2, -0.15) is 0 Å². The van der Waals surface area contributed by atoms with Gasteiger partial charge in [0.25, 0.3) is 0 Å². The molecule has 98 heavy (non-hydrogen) atoms. The van der Waals surface area contributed by atoms with Gasteiger partial charge in [0, 0.05) is 121 Å². The van der Waals surface area contributed by atoms with Crippen molar-refractivity contribution in [3.8, 4) is 0 Å². The Morgan fingerprint density at radius 1 is 0.316 bits per heavy atom.